The van der Waals surface area contributed by atoms with Crippen molar-refractivity contribution in [3.05, 3.63) is 42.6 Å². The van der Waals surface area contributed by atoms with Gasteiger partial charge in [-0.05, 0) is 18.2 Å². The number of hydrogen-bond donors (Lipinski definition) is 0. The molecule has 1 aromatic heterocycles. The van der Waals surface area contributed by atoms with Crippen LogP contribution in [0.25, 0.3) is 0 Å². The maximum absolute atomic E-state index is 6.82. The Morgan fingerprint density at radius 1 is 0.650 bits per heavy atom. The van der Waals surface area contributed by atoms with E-state index in [9.17, 15) is 0 Å². The van der Waals surface area contributed by atoms with Crippen LogP contribution in [-0.4, -0.2) is 128 Å². The number of nitrogens with zero attached hydrogens (tertiary/aromatic N) is 6. The molecule has 13 heteroatoms. The van der Waals surface area contributed by atoms with Crippen molar-refractivity contribution in [2.24, 2.45) is 11.8 Å². The highest BCUT2D eigenvalue weighted by Crippen LogP contribution is 2.59. The third kappa shape index (κ3) is 5.69. The summed E-state index contributed by atoms with van der Waals surface area (Å²) in [6, 6.07) is 12.9. The van der Waals surface area contributed by atoms with Gasteiger partial charge in [-0.3, -0.25) is 9.34 Å². The zero-order valence-corrected chi connectivity index (χ0v) is 26.1. The number of aryl methyl sites for hydroxylation is 1. The third-order valence-electron chi connectivity index (χ3n) is 8.13. The van der Waals surface area contributed by atoms with E-state index >= 15 is 0 Å². The summed E-state index contributed by atoms with van der Waals surface area (Å²) in [5, 5.41) is 1.27. The summed E-state index contributed by atoms with van der Waals surface area (Å²) in [5.74, 6) is 0. The molecular weight excluding hydrogens is 566 g/mol. The standard InChI is InChI=1S/C27H42N6O4P2S/c1-29-24-26(23-27(29)39(40,32-11-19-36-20-12-32)33-13-21-37-22-14-33)38(30-7-15-34-16-8-30,31-9-17-35-18-10-31)28-25-5-3-2-4-6-25/h2-6,23-24H,7-22H2,1H3. The first-order valence-electron chi connectivity index (χ1n) is 14.4. The number of aromatic nitrogens is 1. The summed E-state index contributed by atoms with van der Waals surface area (Å²) >= 11 is 6.82. The Balaban J connectivity index is 1.53. The van der Waals surface area contributed by atoms with Gasteiger partial charge in [0.1, 0.15) is 13.7 Å². The fourth-order valence-electron chi connectivity index (χ4n) is 6.12. The molecule has 0 amide bonds. The molecule has 0 atom stereocenters. The lowest BCUT2D eigenvalue weighted by Gasteiger charge is -2.46. The van der Waals surface area contributed by atoms with Gasteiger partial charge in [0.05, 0.1) is 64.0 Å². The molecule has 2 aromatic rings. The smallest absolute Gasteiger partial charge is 0.134 e. The predicted molar refractivity (Wildman–Crippen MR) is 164 cm³/mol. The van der Waals surface area contributed by atoms with E-state index in [2.05, 4.69) is 72.9 Å². The Hall–Kier alpha value is -0.940. The van der Waals surface area contributed by atoms with Crippen molar-refractivity contribution >= 4 is 41.9 Å². The number of benzene rings is 1. The van der Waals surface area contributed by atoms with Gasteiger partial charge < -0.3 is 23.5 Å². The summed E-state index contributed by atoms with van der Waals surface area (Å²) in [6.07, 6.45) is 0.0569. The summed E-state index contributed by atoms with van der Waals surface area (Å²) < 4.78 is 41.6. The maximum atomic E-state index is 6.82. The molecule has 0 radical (unpaired) electrons. The minimum absolute atomic E-state index is 0.718. The second kappa shape index (κ2) is 13.1. The van der Waals surface area contributed by atoms with Crippen LogP contribution in [-0.2, 0) is 37.8 Å². The van der Waals surface area contributed by atoms with E-state index in [1.807, 2.05) is 0 Å². The summed E-state index contributed by atoms with van der Waals surface area (Å²) in [4.78, 5) is 0. The van der Waals surface area contributed by atoms with Crippen LogP contribution < -0.4 is 10.7 Å². The normalized spacial score (nSPS) is 23.3. The van der Waals surface area contributed by atoms with Crippen molar-refractivity contribution in [2.75, 3.05) is 105 Å². The topological polar surface area (TPSA) is 67.2 Å². The van der Waals surface area contributed by atoms with E-state index in [1.165, 1.54) is 10.7 Å². The van der Waals surface area contributed by atoms with Crippen LogP contribution in [0.1, 0.15) is 0 Å². The summed E-state index contributed by atoms with van der Waals surface area (Å²) in [7, 11) is -0.204. The van der Waals surface area contributed by atoms with Crippen LogP contribution in [0.4, 0.5) is 5.69 Å². The average molecular weight is 609 g/mol. The van der Waals surface area contributed by atoms with E-state index in [4.69, 9.17) is 35.5 Å². The minimum Gasteiger partial charge on any atom is -0.379 e. The van der Waals surface area contributed by atoms with Gasteiger partial charge in [-0.1, -0.05) is 30.0 Å². The molecule has 220 valence electrons. The Morgan fingerprint density at radius 3 is 1.52 bits per heavy atom. The first-order valence-corrected chi connectivity index (χ1v) is 18.8. The van der Waals surface area contributed by atoms with Gasteiger partial charge in [0, 0.05) is 70.9 Å². The van der Waals surface area contributed by atoms with Crippen LogP contribution >= 0.6 is 13.7 Å². The molecule has 5 heterocycles. The molecule has 0 spiro atoms. The molecule has 4 aliphatic heterocycles. The summed E-state index contributed by atoms with van der Waals surface area (Å²) in [6.45, 7) is 12.6. The van der Waals surface area contributed by atoms with Crippen molar-refractivity contribution in [1.82, 2.24) is 23.2 Å². The Labute approximate surface area is 243 Å². The van der Waals surface area contributed by atoms with Crippen LogP contribution in [0.3, 0.4) is 0 Å². The highest BCUT2D eigenvalue weighted by atomic mass is 32.4. The average Bonchev–Trinajstić information content (AvgIpc) is 3.44. The number of hydrogen-bond acceptors (Lipinski definition) is 6. The van der Waals surface area contributed by atoms with Gasteiger partial charge >= 0.3 is 0 Å². The maximum Gasteiger partial charge on any atom is 0.134 e. The van der Waals surface area contributed by atoms with E-state index < -0.39 is 13.7 Å². The van der Waals surface area contributed by atoms with Crippen molar-refractivity contribution in [3.8, 4) is 0 Å². The van der Waals surface area contributed by atoms with Crippen molar-refractivity contribution in [1.29, 1.82) is 0 Å². The van der Waals surface area contributed by atoms with E-state index in [1.54, 1.807) is 0 Å². The first kappa shape index (κ1) is 29.1. The van der Waals surface area contributed by atoms with Crippen molar-refractivity contribution in [3.63, 3.8) is 0 Å². The highest BCUT2D eigenvalue weighted by Gasteiger charge is 2.43. The number of rotatable bonds is 7. The monoisotopic (exact) mass is 608 g/mol. The highest BCUT2D eigenvalue weighted by molar-refractivity contribution is 8.15. The molecule has 4 fully saturated rings. The second-order valence-electron chi connectivity index (χ2n) is 10.5. The van der Waals surface area contributed by atoms with Gasteiger partial charge in [0.25, 0.3) is 0 Å². The lowest BCUT2D eigenvalue weighted by molar-refractivity contribution is 0.0579. The zero-order valence-electron chi connectivity index (χ0n) is 23.5. The fraction of sp³-hybridized carbons (Fsp3) is 0.630. The SMILES string of the molecule is Cn1cc(P(=Nc2ccccc2)(N2CCOCC2)N2CCOCC2)cc1P(=S)(N1CCOCC1)N1CCOCC1. The molecule has 0 aliphatic carbocycles. The molecule has 40 heavy (non-hydrogen) atoms. The fourth-order valence-corrected chi connectivity index (χ4v) is 14.8. The Kier molecular flexibility index (Phi) is 9.58. The van der Waals surface area contributed by atoms with Crippen LogP contribution in [0.2, 0.25) is 0 Å². The van der Waals surface area contributed by atoms with E-state index in [0.717, 1.165) is 111 Å². The van der Waals surface area contributed by atoms with Gasteiger partial charge in [-0.15, -0.1) is 0 Å². The molecular formula is C27H42N6O4P2S. The molecule has 1 aromatic carbocycles. The quantitative estimate of drug-likeness (QED) is 0.441. The number of ether oxygens (including phenoxy) is 4. The van der Waals surface area contributed by atoms with E-state index in [-0.39, 0.29) is 0 Å². The van der Waals surface area contributed by atoms with Gasteiger partial charge in [0.15, 0.2) is 0 Å². The van der Waals surface area contributed by atoms with Gasteiger partial charge in [0.2, 0.25) is 0 Å². The molecule has 4 aliphatic rings. The molecule has 4 saturated heterocycles. The zero-order chi connectivity index (χ0) is 27.4. The Bertz CT molecular complexity index is 1180. The van der Waals surface area contributed by atoms with Crippen molar-refractivity contribution < 1.29 is 18.9 Å². The molecule has 0 N–H and O–H groups in total. The molecule has 10 nitrogen and oxygen atoms in total. The minimum atomic E-state index is -2.38. The van der Waals surface area contributed by atoms with E-state index in [0.29, 0.717) is 0 Å². The van der Waals surface area contributed by atoms with Gasteiger partial charge in [-0.2, -0.15) is 0 Å². The summed E-state index contributed by atoms with van der Waals surface area (Å²) in [5.41, 5.74) is 2.25. The molecule has 6 rings (SSSR count). The first-order chi connectivity index (χ1) is 19.6. The molecule has 0 bridgehead atoms. The largest absolute Gasteiger partial charge is 0.379 e. The molecule has 0 unspecified atom stereocenters. The lowest BCUT2D eigenvalue weighted by atomic mass is 10.3. The molecule has 0 saturated carbocycles. The Morgan fingerprint density at radius 2 is 1.07 bits per heavy atom. The number of morpholine rings is 4. The van der Waals surface area contributed by atoms with Crippen LogP contribution in [0, 0.1) is 0 Å². The van der Waals surface area contributed by atoms with Crippen molar-refractivity contribution in [2.45, 2.75) is 0 Å². The lowest BCUT2D eigenvalue weighted by Crippen LogP contribution is -2.47. The van der Waals surface area contributed by atoms with Gasteiger partial charge in [-0.25, -0.2) is 14.1 Å². The van der Waals surface area contributed by atoms with Crippen LogP contribution in [0.5, 0.6) is 0 Å². The third-order valence-corrected chi connectivity index (χ3v) is 17.3. The predicted octanol–water partition coefficient (Wildman–Crippen LogP) is 2.28. The second-order valence-corrected chi connectivity index (χ2v) is 17.7. The van der Waals surface area contributed by atoms with Crippen LogP contribution in [0.15, 0.2) is 47.3 Å².